The van der Waals surface area contributed by atoms with E-state index in [1.165, 1.54) is 48.9 Å². The van der Waals surface area contributed by atoms with Gasteiger partial charge in [0, 0.05) is 121 Å². The number of anilines is 4. The Morgan fingerprint density at radius 3 is 1.08 bits per heavy atom. The molecule has 0 aliphatic rings. The molecule has 125 heavy (non-hydrogen) atoms. The number of nitrogens with two attached hydrogens (primary N) is 4. The van der Waals surface area contributed by atoms with Crippen molar-refractivity contribution in [3.63, 3.8) is 0 Å². The van der Waals surface area contributed by atoms with E-state index >= 15 is 0 Å². The molecule has 0 aliphatic carbocycles. The van der Waals surface area contributed by atoms with Gasteiger partial charge in [0.2, 0.25) is 0 Å². The van der Waals surface area contributed by atoms with Gasteiger partial charge in [0.15, 0.2) is 22.6 Å². The highest BCUT2D eigenvalue weighted by Crippen LogP contribution is 2.41. The van der Waals surface area contributed by atoms with Crippen molar-refractivity contribution < 1.29 is 39.6 Å². The first-order valence-corrected chi connectivity index (χ1v) is 40.5. The zero-order chi connectivity index (χ0) is 86.8. The van der Waals surface area contributed by atoms with Crippen LogP contribution in [0.4, 0.5) is 23.3 Å². The number of nitrogens with zero attached hydrogens (tertiary/aromatic N) is 20. The molecule has 0 saturated carbocycles. The van der Waals surface area contributed by atoms with Crippen molar-refractivity contribution in [2.45, 2.75) is 0 Å². The fourth-order valence-electron chi connectivity index (χ4n) is 13.4. The second kappa shape index (κ2) is 34.6. The van der Waals surface area contributed by atoms with E-state index in [0.717, 1.165) is 89.2 Å². The number of fused-ring (bicyclic) bond motifs is 5. The van der Waals surface area contributed by atoms with Crippen LogP contribution in [0.15, 0.2) is 299 Å². The predicted molar refractivity (Wildman–Crippen MR) is 484 cm³/mol. The second-order valence-electron chi connectivity index (χ2n) is 27.4. The maximum Gasteiger partial charge on any atom is 0.354 e. The normalized spacial score (nSPS) is 11.1. The maximum atomic E-state index is 11.1. The fraction of sp³-hybridized carbons (Fsp3) is 0. The van der Waals surface area contributed by atoms with Crippen molar-refractivity contribution in [2.75, 3.05) is 22.9 Å². The van der Waals surface area contributed by atoms with Crippen molar-refractivity contribution in [1.29, 1.82) is 0 Å². The lowest BCUT2D eigenvalue weighted by Gasteiger charge is -2.10. The highest BCUT2D eigenvalue weighted by Gasteiger charge is 2.25. The van der Waals surface area contributed by atoms with Crippen molar-refractivity contribution >= 4 is 144 Å². The molecule has 20 rings (SSSR count). The van der Waals surface area contributed by atoms with E-state index in [1.807, 2.05) is 152 Å². The van der Waals surface area contributed by atoms with Gasteiger partial charge in [0.25, 0.3) is 0 Å². The highest BCUT2D eigenvalue weighted by atomic mass is 79.9. The van der Waals surface area contributed by atoms with Gasteiger partial charge in [-0.25, -0.2) is 53.8 Å². The Morgan fingerprint density at radius 2 is 0.656 bits per heavy atom. The number of rotatable bonds is 15. The first kappa shape index (κ1) is 81.3. The Morgan fingerprint density at radius 1 is 0.288 bits per heavy atom. The summed E-state index contributed by atoms with van der Waals surface area (Å²) in [7, 11) is 0. The summed E-state index contributed by atoms with van der Waals surface area (Å²) >= 11 is 13.9. The number of pyridine rings is 6. The van der Waals surface area contributed by atoms with Gasteiger partial charge in [0.1, 0.15) is 40.4 Å². The van der Waals surface area contributed by atoms with Crippen molar-refractivity contribution in [1.82, 2.24) is 98.1 Å². The first-order chi connectivity index (χ1) is 60.6. The van der Waals surface area contributed by atoms with Crippen LogP contribution in [0.2, 0.25) is 0 Å². The predicted octanol–water partition coefficient (Wildman–Crippen LogP) is 17.5. The molecule has 36 heteroatoms. The molecular weight excluding hydrogens is 1850 g/mol. The van der Waals surface area contributed by atoms with Gasteiger partial charge < -0.3 is 43.4 Å². The van der Waals surface area contributed by atoms with E-state index < -0.39 is 23.9 Å². The summed E-state index contributed by atoms with van der Waals surface area (Å²) in [6.45, 7) is 0. The van der Waals surface area contributed by atoms with Crippen LogP contribution in [-0.2, 0) is 0 Å². The monoisotopic (exact) mass is 1910 g/mol. The number of carboxylic acid groups (broad SMARTS) is 4. The molecule has 0 unspecified atom stereocenters. The largest absolute Gasteiger partial charge is 0.478 e. The van der Waals surface area contributed by atoms with E-state index in [-0.39, 0.29) is 22.5 Å². The average Bonchev–Trinajstić information content (AvgIpc) is 1.71. The summed E-state index contributed by atoms with van der Waals surface area (Å²) in [6.07, 6.45) is 20.0. The molecule has 0 radical (unpaired) electrons. The minimum atomic E-state index is -1.10. The second-order valence-corrected chi connectivity index (χ2v) is 30.6. The molecule has 0 bridgehead atoms. The third-order valence-electron chi connectivity index (χ3n) is 19.8. The van der Waals surface area contributed by atoms with Gasteiger partial charge in [-0.05, 0) is 149 Å². The standard InChI is InChI=1S/2C23H15BrN6O2.C22H14BrN5O2.C21H14BrN7O2/c24-19-20(18-9-7-15(11-27-18)23(31)32)29-22-16(12-28-30(22)21(19)25)14-6-8-17(26-10-14)13-4-2-1-3-5-13;24-19-20(15-7-9-18(23(31)32)27-11-15)29-22-16(12-28-30(22)21(19)25)14-6-8-17(26-10-14)13-4-2-1-3-5-13;23-18-19(12-5-7-13(8-6-12)22(29)30)27-21-16(11-26-28(21)20(18)24)15-9-14-3-1-2-4-17(14)25-10-15;22-17-18(12-6-7-16(21(30)31)24-8-12)27-20-15(10-26-29(20)19(17)23)13-9-25-28(11-13)14-4-2-1-3-5-14/h2*1-12H,25H2,(H,31,32);1-11H,24H2,(H,29,30);1-11H,23H2,(H,30,31). The number of nitrogen functional groups attached to an aromatic ring is 4. The number of benzene rings is 5. The lowest BCUT2D eigenvalue weighted by Crippen LogP contribution is -2.05. The van der Waals surface area contributed by atoms with Crippen LogP contribution < -0.4 is 22.9 Å². The van der Waals surface area contributed by atoms with Gasteiger partial charge in [-0.1, -0.05) is 121 Å². The summed E-state index contributed by atoms with van der Waals surface area (Å²) in [5.74, 6) is -2.73. The number of hydrogen-bond donors (Lipinski definition) is 8. The van der Waals surface area contributed by atoms with E-state index in [4.69, 9.17) is 63.3 Å². The number of aromatic carboxylic acids is 4. The van der Waals surface area contributed by atoms with Gasteiger partial charge in [-0.15, -0.1) is 0 Å². The van der Waals surface area contributed by atoms with Gasteiger partial charge >= 0.3 is 23.9 Å². The van der Waals surface area contributed by atoms with Crippen LogP contribution in [-0.4, -0.2) is 142 Å². The Labute approximate surface area is 738 Å². The van der Waals surface area contributed by atoms with Crippen molar-refractivity contribution in [3.8, 4) is 118 Å². The van der Waals surface area contributed by atoms with Crippen LogP contribution in [0.25, 0.3) is 151 Å². The number of carboxylic acids is 4. The summed E-state index contributed by atoms with van der Waals surface area (Å²) in [6, 6.07) is 63.1. The molecule has 0 spiro atoms. The lowest BCUT2D eigenvalue weighted by atomic mass is 10.1. The quantitative estimate of drug-likeness (QED) is 0.0472. The number of hydrogen-bond acceptors (Lipinski definition) is 23. The molecule has 12 N–H and O–H groups in total. The summed E-state index contributed by atoms with van der Waals surface area (Å²) in [5.41, 5.74) is 44.4. The maximum absolute atomic E-state index is 11.1. The topological polar surface area (TPSA) is 469 Å². The minimum Gasteiger partial charge on any atom is -0.478 e. The third kappa shape index (κ3) is 16.3. The van der Waals surface area contributed by atoms with E-state index in [2.05, 4.69) is 119 Å². The molecule has 32 nitrogen and oxygen atoms in total. The first-order valence-electron chi connectivity index (χ1n) is 37.3. The third-order valence-corrected chi connectivity index (χ3v) is 22.9. The zero-order valence-corrected chi connectivity index (χ0v) is 70.6. The fourth-order valence-corrected chi connectivity index (χ4v) is 15.3. The van der Waals surface area contributed by atoms with E-state index in [9.17, 15) is 19.2 Å². The number of para-hydroxylation sites is 2. The van der Waals surface area contributed by atoms with Crippen LogP contribution >= 0.6 is 63.7 Å². The van der Waals surface area contributed by atoms with Gasteiger partial charge in [0.05, 0.1) is 105 Å². The minimum absolute atomic E-state index is 0.0476. The lowest BCUT2D eigenvalue weighted by molar-refractivity contribution is 0.0680. The number of halogens is 4. The molecule has 610 valence electrons. The molecule has 0 atom stereocenters. The number of carbonyl (C=O) groups is 4. The Hall–Kier alpha value is -16.1. The van der Waals surface area contributed by atoms with E-state index in [1.54, 1.807) is 103 Å². The molecule has 20 aromatic rings. The summed E-state index contributed by atoms with van der Waals surface area (Å²) < 4.78 is 10.2. The number of aromatic nitrogens is 20. The smallest absolute Gasteiger partial charge is 0.354 e. The summed E-state index contributed by atoms with van der Waals surface area (Å²) in [4.78, 5) is 89.4. The summed E-state index contributed by atoms with van der Waals surface area (Å²) in [5, 5.41) is 59.4. The molecule has 0 amide bonds. The molecular formula is C89H58Br4N24O8. The van der Waals surface area contributed by atoms with E-state index in [0.29, 0.717) is 103 Å². The van der Waals surface area contributed by atoms with Gasteiger partial charge in [-0.3, -0.25) is 19.9 Å². The molecule has 15 heterocycles. The van der Waals surface area contributed by atoms with Crippen LogP contribution in [0.1, 0.15) is 41.7 Å². The SMILES string of the molecule is Nc1c(Br)c(-c2ccc(C(=O)O)cc2)nc2c(-c3cnc4ccccc4c3)cnn12.Nc1c(Br)c(-c2ccc(C(=O)O)cn2)nc2c(-c3ccc(-c4ccccc4)nc3)cnn12.Nc1c(Br)c(-c2ccc(C(=O)O)nc2)nc2c(-c3ccc(-c4ccccc4)nc3)cnn12.Nc1c(Br)c(-c2ccc(C(=O)O)nc2)nc2c(-c3cnn(-c4ccccc4)c3)cnn12. The van der Waals surface area contributed by atoms with Crippen molar-refractivity contribution in [3.05, 3.63) is 321 Å². The Kier molecular flexibility index (Phi) is 22.5. The van der Waals surface area contributed by atoms with Gasteiger partial charge in [-0.2, -0.15) is 43.6 Å². The van der Waals surface area contributed by atoms with Crippen LogP contribution in [0.5, 0.6) is 0 Å². The Balaban J connectivity index is 0.000000118. The molecule has 0 fully saturated rings. The van der Waals surface area contributed by atoms with Crippen LogP contribution in [0, 0.1) is 0 Å². The highest BCUT2D eigenvalue weighted by molar-refractivity contribution is 9.11. The van der Waals surface area contributed by atoms with Crippen LogP contribution in [0.3, 0.4) is 0 Å². The molecule has 5 aromatic carbocycles. The van der Waals surface area contributed by atoms with Crippen molar-refractivity contribution in [2.24, 2.45) is 0 Å². The molecule has 15 aromatic heterocycles. The average molecular weight is 1910 g/mol. The molecule has 0 aliphatic heterocycles. The zero-order valence-electron chi connectivity index (χ0n) is 64.2. The molecule has 0 saturated heterocycles. The Bertz CT molecular complexity index is 7330.